The summed E-state index contributed by atoms with van der Waals surface area (Å²) in [6, 6.07) is 1.47. The summed E-state index contributed by atoms with van der Waals surface area (Å²) >= 11 is 0. The van der Waals surface area contributed by atoms with E-state index in [-0.39, 0.29) is 16.9 Å². The predicted octanol–water partition coefficient (Wildman–Crippen LogP) is 1.95. The van der Waals surface area contributed by atoms with E-state index in [1.54, 1.807) is 11.8 Å². The monoisotopic (exact) mass is 248 g/mol. The molecular formula is C14H20N2O2. The van der Waals surface area contributed by atoms with Gasteiger partial charge in [-0.25, -0.2) is 0 Å². The lowest BCUT2D eigenvalue weighted by atomic mass is 9.82. The standard InChI is InChI=1S/C14H20N2O2/c1-10-8-12(17)11(9-15-10)13(18)16-6-4-14(2,3)5-7-16/h8-9H,4-7H2,1-3H3,(H,15,17). The smallest absolute Gasteiger partial charge is 0.259 e. The number of rotatable bonds is 1. The van der Waals surface area contributed by atoms with Crippen molar-refractivity contribution in [2.75, 3.05) is 13.1 Å². The maximum atomic E-state index is 12.2. The molecule has 0 radical (unpaired) electrons. The maximum Gasteiger partial charge on any atom is 0.259 e. The number of nitrogens with zero attached hydrogens (tertiary/aromatic N) is 1. The van der Waals surface area contributed by atoms with Gasteiger partial charge in [-0.15, -0.1) is 0 Å². The number of hydrogen-bond donors (Lipinski definition) is 1. The summed E-state index contributed by atoms with van der Waals surface area (Å²) in [6.45, 7) is 7.71. The second-order valence-electron chi connectivity index (χ2n) is 5.85. The number of aryl methyl sites for hydroxylation is 1. The highest BCUT2D eigenvalue weighted by Crippen LogP contribution is 2.29. The normalized spacial score (nSPS) is 18.7. The minimum Gasteiger partial charge on any atom is -0.364 e. The number of pyridine rings is 1. The highest BCUT2D eigenvalue weighted by Gasteiger charge is 2.29. The number of aromatic nitrogens is 1. The molecule has 1 amide bonds. The van der Waals surface area contributed by atoms with E-state index in [0.29, 0.717) is 5.41 Å². The lowest BCUT2D eigenvalue weighted by Crippen LogP contribution is -2.42. The second-order valence-corrected chi connectivity index (χ2v) is 5.85. The Labute approximate surface area is 107 Å². The second kappa shape index (κ2) is 4.59. The number of carbonyl (C=O) groups is 1. The zero-order valence-corrected chi connectivity index (χ0v) is 11.2. The highest BCUT2D eigenvalue weighted by atomic mass is 16.2. The molecule has 1 saturated heterocycles. The lowest BCUT2D eigenvalue weighted by Gasteiger charge is -2.36. The van der Waals surface area contributed by atoms with Crippen molar-refractivity contribution in [1.29, 1.82) is 0 Å². The number of nitrogens with one attached hydrogen (secondary N) is 1. The van der Waals surface area contributed by atoms with Crippen LogP contribution in [0.25, 0.3) is 0 Å². The van der Waals surface area contributed by atoms with Gasteiger partial charge in [-0.2, -0.15) is 0 Å². The first-order valence-corrected chi connectivity index (χ1v) is 6.38. The molecule has 1 aliphatic rings. The third kappa shape index (κ3) is 2.63. The van der Waals surface area contributed by atoms with Crippen molar-refractivity contribution < 1.29 is 4.79 Å². The zero-order chi connectivity index (χ0) is 13.3. The van der Waals surface area contributed by atoms with Crippen LogP contribution >= 0.6 is 0 Å². The summed E-state index contributed by atoms with van der Waals surface area (Å²) in [5.74, 6) is -0.147. The molecule has 0 bridgehead atoms. The molecule has 18 heavy (non-hydrogen) atoms. The van der Waals surface area contributed by atoms with Gasteiger partial charge in [0.05, 0.1) is 0 Å². The van der Waals surface area contributed by atoms with Crippen LogP contribution in [0.5, 0.6) is 0 Å². The summed E-state index contributed by atoms with van der Waals surface area (Å²) in [7, 11) is 0. The fourth-order valence-corrected chi connectivity index (χ4v) is 2.23. The quantitative estimate of drug-likeness (QED) is 0.825. The molecule has 1 aromatic heterocycles. The summed E-state index contributed by atoms with van der Waals surface area (Å²) in [6.07, 6.45) is 3.50. The van der Waals surface area contributed by atoms with Gasteiger partial charge in [0.25, 0.3) is 5.91 Å². The van der Waals surface area contributed by atoms with Gasteiger partial charge in [-0.3, -0.25) is 9.59 Å². The summed E-state index contributed by atoms with van der Waals surface area (Å²) < 4.78 is 0. The largest absolute Gasteiger partial charge is 0.364 e. The topological polar surface area (TPSA) is 53.2 Å². The van der Waals surface area contributed by atoms with Crippen LogP contribution in [0.15, 0.2) is 17.1 Å². The number of amides is 1. The average Bonchev–Trinajstić information content (AvgIpc) is 2.28. The molecule has 98 valence electrons. The van der Waals surface area contributed by atoms with Gasteiger partial charge in [0.1, 0.15) is 5.56 Å². The first-order valence-electron chi connectivity index (χ1n) is 6.38. The molecule has 0 spiro atoms. The van der Waals surface area contributed by atoms with Gasteiger partial charge in [0, 0.05) is 31.0 Å². The molecule has 0 aromatic carbocycles. The molecule has 0 unspecified atom stereocenters. The van der Waals surface area contributed by atoms with E-state index in [9.17, 15) is 9.59 Å². The fourth-order valence-electron chi connectivity index (χ4n) is 2.23. The highest BCUT2D eigenvalue weighted by molar-refractivity contribution is 5.93. The van der Waals surface area contributed by atoms with Gasteiger partial charge >= 0.3 is 0 Å². The third-order valence-electron chi connectivity index (χ3n) is 3.69. The van der Waals surface area contributed by atoms with Crippen LogP contribution < -0.4 is 5.43 Å². The van der Waals surface area contributed by atoms with Crippen molar-refractivity contribution >= 4 is 5.91 Å². The molecule has 1 fully saturated rings. The average molecular weight is 248 g/mol. The SMILES string of the molecule is Cc1cc(=O)c(C(=O)N2CCC(C)(C)CC2)c[nH]1. The molecule has 2 heterocycles. The van der Waals surface area contributed by atoms with Crippen LogP contribution in [0.3, 0.4) is 0 Å². The molecule has 1 aromatic rings. The van der Waals surface area contributed by atoms with Crippen LogP contribution in [-0.4, -0.2) is 28.9 Å². The van der Waals surface area contributed by atoms with Crippen molar-refractivity contribution in [3.63, 3.8) is 0 Å². The van der Waals surface area contributed by atoms with E-state index < -0.39 is 0 Å². The van der Waals surface area contributed by atoms with Gasteiger partial charge in [-0.1, -0.05) is 13.8 Å². The Morgan fingerprint density at radius 1 is 1.33 bits per heavy atom. The molecule has 1 N–H and O–H groups in total. The number of aromatic amines is 1. The van der Waals surface area contributed by atoms with Crippen molar-refractivity contribution in [3.05, 3.63) is 33.7 Å². The van der Waals surface area contributed by atoms with Crippen LogP contribution in [0.1, 0.15) is 42.7 Å². The van der Waals surface area contributed by atoms with E-state index in [1.165, 1.54) is 12.3 Å². The third-order valence-corrected chi connectivity index (χ3v) is 3.69. The first kappa shape index (κ1) is 12.9. The summed E-state index contributed by atoms with van der Waals surface area (Å²) in [5.41, 5.74) is 1.13. The number of carbonyl (C=O) groups excluding carboxylic acids is 1. The molecular weight excluding hydrogens is 228 g/mol. The van der Waals surface area contributed by atoms with E-state index in [0.717, 1.165) is 31.6 Å². The Morgan fingerprint density at radius 2 is 1.94 bits per heavy atom. The van der Waals surface area contributed by atoms with Gasteiger partial charge < -0.3 is 9.88 Å². The van der Waals surface area contributed by atoms with Gasteiger partial charge in [0.2, 0.25) is 0 Å². The minimum atomic E-state index is -0.193. The molecule has 0 atom stereocenters. The number of hydrogen-bond acceptors (Lipinski definition) is 2. The van der Waals surface area contributed by atoms with Crippen LogP contribution in [-0.2, 0) is 0 Å². The van der Waals surface area contributed by atoms with Crippen LogP contribution in [0.2, 0.25) is 0 Å². The fraction of sp³-hybridized carbons (Fsp3) is 0.571. The van der Waals surface area contributed by atoms with E-state index >= 15 is 0 Å². The Kier molecular flexibility index (Phi) is 3.28. The molecule has 0 aliphatic carbocycles. The van der Waals surface area contributed by atoms with Crippen LogP contribution in [0, 0.1) is 12.3 Å². The van der Waals surface area contributed by atoms with Crippen molar-refractivity contribution in [3.8, 4) is 0 Å². The predicted molar refractivity (Wildman–Crippen MR) is 70.7 cm³/mol. The summed E-state index contributed by atoms with van der Waals surface area (Å²) in [4.78, 5) is 28.7. The zero-order valence-electron chi connectivity index (χ0n) is 11.2. The van der Waals surface area contributed by atoms with Crippen molar-refractivity contribution in [1.82, 2.24) is 9.88 Å². The number of likely N-dealkylation sites (tertiary alicyclic amines) is 1. The maximum absolute atomic E-state index is 12.2. The lowest BCUT2D eigenvalue weighted by molar-refractivity contribution is 0.0628. The molecule has 2 rings (SSSR count). The number of piperidine rings is 1. The van der Waals surface area contributed by atoms with Gasteiger partial charge in [-0.05, 0) is 25.2 Å². The van der Waals surface area contributed by atoms with Crippen molar-refractivity contribution in [2.24, 2.45) is 5.41 Å². The van der Waals surface area contributed by atoms with E-state index in [2.05, 4.69) is 18.8 Å². The summed E-state index contributed by atoms with van der Waals surface area (Å²) in [5, 5.41) is 0. The molecule has 4 heteroatoms. The van der Waals surface area contributed by atoms with E-state index in [1.807, 2.05) is 0 Å². The minimum absolute atomic E-state index is 0.147. The van der Waals surface area contributed by atoms with Crippen molar-refractivity contribution in [2.45, 2.75) is 33.6 Å². The molecule has 1 aliphatic heterocycles. The van der Waals surface area contributed by atoms with Crippen LogP contribution in [0.4, 0.5) is 0 Å². The molecule has 4 nitrogen and oxygen atoms in total. The van der Waals surface area contributed by atoms with Gasteiger partial charge in [0.15, 0.2) is 5.43 Å². The Morgan fingerprint density at radius 3 is 2.50 bits per heavy atom. The van der Waals surface area contributed by atoms with E-state index in [4.69, 9.17) is 0 Å². The molecule has 0 saturated carbocycles. The Balaban J connectivity index is 2.15. The Hall–Kier alpha value is -1.58. The first-order chi connectivity index (χ1) is 8.39. The Bertz CT molecular complexity index is 507. The number of H-pyrrole nitrogens is 1.